The maximum absolute atomic E-state index is 12.9. The second kappa shape index (κ2) is 6.48. The molecular weight excluding hydrogens is 348 g/mol. The molecule has 0 bridgehead atoms. The molecule has 136 valence electrons. The third-order valence-electron chi connectivity index (χ3n) is 4.90. The summed E-state index contributed by atoms with van der Waals surface area (Å²) in [5.74, 6) is 0.378. The molecule has 1 fully saturated rings. The Labute approximate surface area is 155 Å². The molecule has 0 radical (unpaired) electrons. The monoisotopic (exact) mass is 370 g/mol. The highest BCUT2D eigenvalue weighted by molar-refractivity contribution is 7.12. The van der Waals surface area contributed by atoms with Crippen LogP contribution in [-0.2, 0) is 0 Å². The van der Waals surface area contributed by atoms with Crippen LogP contribution in [0.1, 0.15) is 38.6 Å². The zero-order chi connectivity index (χ0) is 18.4. The van der Waals surface area contributed by atoms with Crippen LogP contribution in [0.5, 0.6) is 0 Å². The molecule has 26 heavy (non-hydrogen) atoms. The van der Waals surface area contributed by atoms with Gasteiger partial charge in [0.25, 0.3) is 11.6 Å². The van der Waals surface area contributed by atoms with Crippen molar-refractivity contribution < 1.29 is 9.32 Å². The molecule has 7 heteroatoms. The predicted molar refractivity (Wildman–Crippen MR) is 102 cm³/mol. The zero-order valence-electron chi connectivity index (χ0n) is 15.1. The highest BCUT2D eigenvalue weighted by Gasteiger charge is 2.29. The Bertz CT molecular complexity index is 987. The van der Waals surface area contributed by atoms with E-state index < -0.39 is 0 Å². The van der Waals surface area contributed by atoms with Crippen molar-refractivity contribution in [2.45, 2.75) is 39.7 Å². The molecule has 4 rings (SSSR count). The largest absolute Gasteiger partial charge is 0.350 e. The number of carbonyl (C=O) groups is 1. The number of pyridine rings is 1. The molecule has 1 saturated carbocycles. The summed E-state index contributed by atoms with van der Waals surface area (Å²) in [6, 6.07) is 3.93. The van der Waals surface area contributed by atoms with Crippen molar-refractivity contribution in [3.05, 3.63) is 33.1 Å². The molecule has 1 amide bonds. The molecule has 6 nitrogen and oxygen atoms in total. The summed E-state index contributed by atoms with van der Waals surface area (Å²) in [6.07, 6.45) is 2.31. The van der Waals surface area contributed by atoms with Gasteiger partial charge in [-0.15, -0.1) is 11.3 Å². The molecular formula is C19H22N4O2S. The first kappa shape index (κ1) is 17.2. The number of hydrogen-bond acceptors (Lipinski definition) is 6. The van der Waals surface area contributed by atoms with E-state index in [1.165, 1.54) is 4.88 Å². The lowest BCUT2D eigenvalue weighted by molar-refractivity contribution is 0.0952. The Morgan fingerprint density at radius 3 is 2.81 bits per heavy atom. The molecule has 0 aliphatic heterocycles. The van der Waals surface area contributed by atoms with E-state index >= 15 is 0 Å². The summed E-state index contributed by atoms with van der Waals surface area (Å²) in [7, 11) is 0. The van der Waals surface area contributed by atoms with Crippen LogP contribution in [-0.4, -0.2) is 28.6 Å². The molecule has 0 aromatic carbocycles. The molecule has 3 N–H and O–H groups in total. The molecule has 1 aliphatic rings. The molecule has 3 heterocycles. The molecule has 1 unspecified atom stereocenters. The van der Waals surface area contributed by atoms with Gasteiger partial charge in [-0.25, -0.2) is 4.98 Å². The number of nitrogens with two attached hydrogens (primary N) is 1. The summed E-state index contributed by atoms with van der Waals surface area (Å²) in [5.41, 5.74) is 9.45. The van der Waals surface area contributed by atoms with Gasteiger partial charge in [0, 0.05) is 27.9 Å². The average Bonchev–Trinajstić information content (AvgIpc) is 3.32. The highest BCUT2D eigenvalue weighted by Crippen LogP contribution is 2.33. The van der Waals surface area contributed by atoms with Gasteiger partial charge in [0.15, 0.2) is 0 Å². The van der Waals surface area contributed by atoms with Crippen LogP contribution in [0.2, 0.25) is 0 Å². The quantitative estimate of drug-likeness (QED) is 0.718. The summed E-state index contributed by atoms with van der Waals surface area (Å²) in [6.45, 7) is 6.41. The van der Waals surface area contributed by atoms with E-state index in [0.29, 0.717) is 34.8 Å². The molecule has 3 aromatic heterocycles. The number of amides is 1. The van der Waals surface area contributed by atoms with Gasteiger partial charge in [-0.05, 0) is 51.7 Å². The fourth-order valence-corrected chi connectivity index (χ4v) is 4.23. The van der Waals surface area contributed by atoms with Gasteiger partial charge in [0.05, 0.1) is 22.3 Å². The first-order valence-electron chi connectivity index (χ1n) is 8.82. The number of aryl methyl sites for hydroxylation is 3. The fraction of sp³-hybridized carbons (Fsp3) is 0.421. The van der Waals surface area contributed by atoms with Gasteiger partial charge in [0.2, 0.25) is 0 Å². The lowest BCUT2D eigenvalue weighted by Crippen LogP contribution is -2.38. The van der Waals surface area contributed by atoms with E-state index in [9.17, 15) is 4.79 Å². The van der Waals surface area contributed by atoms with Gasteiger partial charge in [-0.2, -0.15) is 0 Å². The van der Waals surface area contributed by atoms with Gasteiger partial charge in [-0.3, -0.25) is 4.79 Å². The number of fused-ring (bicyclic) bond motifs is 1. The second-order valence-electron chi connectivity index (χ2n) is 7.04. The SMILES string of the molecule is Cc1cc(-c2cc(C(=O)NCC(N)C3CC3)c3c(C)noc3n2)c(C)s1. The Morgan fingerprint density at radius 1 is 1.38 bits per heavy atom. The van der Waals surface area contributed by atoms with Gasteiger partial charge < -0.3 is 15.6 Å². The number of rotatable bonds is 5. The van der Waals surface area contributed by atoms with Crippen LogP contribution in [0.4, 0.5) is 0 Å². The maximum Gasteiger partial charge on any atom is 0.259 e. The topological polar surface area (TPSA) is 94.0 Å². The summed E-state index contributed by atoms with van der Waals surface area (Å²) < 4.78 is 5.36. The van der Waals surface area contributed by atoms with Crippen LogP contribution < -0.4 is 11.1 Å². The van der Waals surface area contributed by atoms with Crippen molar-refractivity contribution >= 4 is 28.3 Å². The van der Waals surface area contributed by atoms with Gasteiger partial charge in [-0.1, -0.05) is 5.16 Å². The van der Waals surface area contributed by atoms with Crippen LogP contribution in [0.25, 0.3) is 22.4 Å². The van der Waals surface area contributed by atoms with Crippen LogP contribution in [0.3, 0.4) is 0 Å². The second-order valence-corrected chi connectivity index (χ2v) is 8.50. The van der Waals surface area contributed by atoms with E-state index in [0.717, 1.165) is 29.0 Å². The van der Waals surface area contributed by atoms with Crippen molar-refractivity contribution in [2.75, 3.05) is 6.54 Å². The zero-order valence-corrected chi connectivity index (χ0v) is 15.9. The first-order valence-corrected chi connectivity index (χ1v) is 9.64. The average molecular weight is 370 g/mol. The number of hydrogen-bond donors (Lipinski definition) is 2. The molecule has 0 spiro atoms. The minimum atomic E-state index is -0.161. The van der Waals surface area contributed by atoms with Gasteiger partial charge >= 0.3 is 0 Å². The minimum Gasteiger partial charge on any atom is -0.350 e. The van der Waals surface area contributed by atoms with Crippen LogP contribution in [0, 0.1) is 26.7 Å². The predicted octanol–water partition coefficient (Wildman–Crippen LogP) is 3.34. The number of nitrogens with one attached hydrogen (secondary N) is 1. The van der Waals surface area contributed by atoms with Crippen LogP contribution in [0.15, 0.2) is 16.7 Å². The number of aromatic nitrogens is 2. The Hall–Kier alpha value is -2.25. The van der Waals surface area contributed by atoms with E-state index in [1.807, 2.05) is 13.0 Å². The Balaban J connectivity index is 1.72. The number of nitrogens with zero attached hydrogens (tertiary/aromatic N) is 2. The summed E-state index contributed by atoms with van der Waals surface area (Å²) >= 11 is 1.71. The highest BCUT2D eigenvalue weighted by atomic mass is 32.1. The third kappa shape index (κ3) is 3.12. The summed E-state index contributed by atoms with van der Waals surface area (Å²) in [4.78, 5) is 19.8. The molecule has 3 aromatic rings. The molecule has 0 saturated heterocycles. The lowest BCUT2D eigenvalue weighted by Gasteiger charge is -2.12. The van der Waals surface area contributed by atoms with E-state index in [-0.39, 0.29) is 11.9 Å². The van der Waals surface area contributed by atoms with Crippen molar-refractivity contribution in [3.63, 3.8) is 0 Å². The van der Waals surface area contributed by atoms with Crippen molar-refractivity contribution in [3.8, 4) is 11.3 Å². The van der Waals surface area contributed by atoms with E-state index in [2.05, 4.69) is 35.4 Å². The molecule has 1 aliphatic carbocycles. The number of carbonyl (C=O) groups excluding carboxylic acids is 1. The van der Waals surface area contributed by atoms with Crippen molar-refractivity contribution in [2.24, 2.45) is 11.7 Å². The standard InChI is InChI=1S/C19H22N4O2S/c1-9-6-13(11(3)26-9)16-7-14(17-10(2)23-25-19(17)22-16)18(24)21-8-15(20)12-4-5-12/h6-7,12,15H,4-5,8,20H2,1-3H3,(H,21,24). The van der Waals surface area contributed by atoms with Crippen molar-refractivity contribution in [1.29, 1.82) is 0 Å². The minimum absolute atomic E-state index is 0.0149. The third-order valence-corrected chi connectivity index (χ3v) is 5.87. The van der Waals surface area contributed by atoms with Crippen LogP contribution >= 0.6 is 11.3 Å². The smallest absolute Gasteiger partial charge is 0.259 e. The normalized spacial score (nSPS) is 15.4. The molecule has 1 atom stereocenters. The Kier molecular flexibility index (Phi) is 4.28. The lowest BCUT2D eigenvalue weighted by atomic mass is 10.1. The fourth-order valence-electron chi connectivity index (χ4n) is 3.29. The summed E-state index contributed by atoms with van der Waals surface area (Å²) in [5, 5.41) is 7.63. The van der Waals surface area contributed by atoms with Crippen molar-refractivity contribution in [1.82, 2.24) is 15.5 Å². The number of thiophene rings is 1. The van der Waals surface area contributed by atoms with Gasteiger partial charge in [0.1, 0.15) is 0 Å². The Morgan fingerprint density at radius 2 is 2.15 bits per heavy atom. The first-order chi connectivity index (χ1) is 12.4. The maximum atomic E-state index is 12.9. The van der Waals surface area contributed by atoms with E-state index in [4.69, 9.17) is 10.3 Å². The van der Waals surface area contributed by atoms with E-state index in [1.54, 1.807) is 11.3 Å².